The fraction of sp³-hybridized carbons (Fsp3) is 0.450. The number of para-hydroxylation sites is 2. The van der Waals surface area contributed by atoms with Crippen molar-refractivity contribution in [3.05, 3.63) is 54.4 Å². The maximum absolute atomic E-state index is 10.9. The molecular formula is C20H24N2O3. The third kappa shape index (κ3) is 3.62. The Labute approximate surface area is 148 Å². The van der Waals surface area contributed by atoms with Gasteiger partial charge in [0.15, 0.2) is 11.5 Å². The summed E-state index contributed by atoms with van der Waals surface area (Å²) in [6, 6.07) is 13.5. The third-order valence-corrected chi connectivity index (χ3v) is 5.16. The van der Waals surface area contributed by atoms with Crippen LogP contribution in [-0.2, 0) is 5.60 Å². The van der Waals surface area contributed by atoms with Crippen LogP contribution in [0.2, 0.25) is 0 Å². The van der Waals surface area contributed by atoms with Gasteiger partial charge in [-0.25, -0.2) is 0 Å². The molecular weight excluding hydrogens is 316 g/mol. The molecule has 3 heterocycles. The number of rotatable bonds is 4. The zero-order valence-corrected chi connectivity index (χ0v) is 14.3. The van der Waals surface area contributed by atoms with E-state index >= 15 is 0 Å². The Hall–Kier alpha value is -2.11. The molecule has 0 amide bonds. The smallest absolute Gasteiger partial charge is 0.161 e. The highest BCUT2D eigenvalue weighted by Gasteiger charge is 2.35. The number of likely N-dealkylation sites (tertiary alicyclic amines) is 1. The van der Waals surface area contributed by atoms with Crippen molar-refractivity contribution in [1.29, 1.82) is 0 Å². The van der Waals surface area contributed by atoms with Crippen LogP contribution in [0.1, 0.15) is 25.0 Å². The first-order valence-corrected chi connectivity index (χ1v) is 8.98. The van der Waals surface area contributed by atoms with Gasteiger partial charge in [0.1, 0.15) is 18.3 Å². The van der Waals surface area contributed by atoms with E-state index in [2.05, 4.69) is 9.88 Å². The minimum absolute atomic E-state index is 0.0894. The maximum Gasteiger partial charge on any atom is 0.161 e. The van der Waals surface area contributed by atoms with Crippen LogP contribution in [0, 0.1) is 0 Å². The second kappa shape index (κ2) is 7.02. The highest BCUT2D eigenvalue weighted by Crippen LogP contribution is 2.33. The van der Waals surface area contributed by atoms with Crippen molar-refractivity contribution in [2.75, 3.05) is 26.2 Å². The number of piperidine rings is 1. The first-order valence-electron chi connectivity index (χ1n) is 8.98. The lowest BCUT2D eigenvalue weighted by molar-refractivity contribution is -0.0321. The highest BCUT2D eigenvalue weighted by atomic mass is 16.6. The van der Waals surface area contributed by atoms with Gasteiger partial charge in [0, 0.05) is 32.3 Å². The van der Waals surface area contributed by atoms with E-state index in [0.717, 1.165) is 56.1 Å². The summed E-state index contributed by atoms with van der Waals surface area (Å²) in [4.78, 5) is 6.73. The molecule has 1 aromatic carbocycles. The van der Waals surface area contributed by atoms with Crippen molar-refractivity contribution < 1.29 is 14.6 Å². The SMILES string of the molecule is OC1(c2ccccn2)CCN(CCC2COc3ccccc3O2)CC1. The number of hydrogen-bond donors (Lipinski definition) is 1. The fourth-order valence-electron chi connectivity index (χ4n) is 3.57. The van der Waals surface area contributed by atoms with Crippen molar-refractivity contribution in [3.8, 4) is 11.5 Å². The van der Waals surface area contributed by atoms with Gasteiger partial charge in [-0.2, -0.15) is 0 Å². The number of aromatic nitrogens is 1. The summed E-state index contributed by atoms with van der Waals surface area (Å²) in [6.45, 7) is 3.30. The van der Waals surface area contributed by atoms with Crippen LogP contribution < -0.4 is 9.47 Å². The first-order chi connectivity index (χ1) is 12.2. The number of aliphatic hydroxyl groups is 1. The zero-order chi connectivity index (χ0) is 17.1. The molecule has 0 radical (unpaired) electrons. The maximum atomic E-state index is 10.9. The Kier molecular flexibility index (Phi) is 4.59. The summed E-state index contributed by atoms with van der Waals surface area (Å²) in [5, 5.41) is 10.9. The number of ether oxygens (including phenoxy) is 2. The van der Waals surface area contributed by atoms with E-state index in [4.69, 9.17) is 9.47 Å². The summed E-state index contributed by atoms with van der Waals surface area (Å²) in [6.07, 6.45) is 4.20. The van der Waals surface area contributed by atoms with Crippen molar-refractivity contribution in [1.82, 2.24) is 9.88 Å². The van der Waals surface area contributed by atoms with Crippen molar-refractivity contribution in [2.24, 2.45) is 0 Å². The number of nitrogens with zero attached hydrogens (tertiary/aromatic N) is 2. The predicted octanol–water partition coefficient (Wildman–Crippen LogP) is 2.60. The normalized spacial score (nSPS) is 22.5. The van der Waals surface area contributed by atoms with Gasteiger partial charge in [-0.05, 0) is 37.1 Å². The zero-order valence-electron chi connectivity index (χ0n) is 14.3. The van der Waals surface area contributed by atoms with Gasteiger partial charge in [0.05, 0.1) is 5.69 Å². The summed E-state index contributed by atoms with van der Waals surface area (Å²) in [5.41, 5.74) is -0.00324. The number of fused-ring (bicyclic) bond motifs is 1. The van der Waals surface area contributed by atoms with E-state index in [9.17, 15) is 5.11 Å². The molecule has 0 aliphatic carbocycles. The molecule has 4 rings (SSSR count). The van der Waals surface area contributed by atoms with Gasteiger partial charge in [-0.15, -0.1) is 0 Å². The minimum Gasteiger partial charge on any atom is -0.486 e. The number of hydrogen-bond acceptors (Lipinski definition) is 5. The molecule has 25 heavy (non-hydrogen) atoms. The Bertz CT molecular complexity index is 699. The standard InChI is InChI=1S/C20H24N2O3/c23-20(19-7-3-4-11-21-19)9-13-22(14-10-20)12-8-16-15-24-17-5-1-2-6-18(17)25-16/h1-7,11,16,23H,8-10,12-15H2. The van der Waals surface area contributed by atoms with E-state index < -0.39 is 5.60 Å². The van der Waals surface area contributed by atoms with Gasteiger partial charge in [0.25, 0.3) is 0 Å². The first kappa shape index (κ1) is 16.4. The van der Waals surface area contributed by atoms with Crippen LogP contribution in [0.4, 0.5) is 0 Å². The fourth-order valence-corrected chi connectivity index (χ4v) is 3.57. The predicted molar refractivity (Wildman–Crippen MR) is 94.8 cm³/mol. The topological polar surface area (TPSA) is 54.8 Å². The molecule has 2 aromatic rings. The van der Waals surface area contributed by atoms with Gasteiger partial charge in [-0.3, -0.25) is 4.98 Å². The third-order valence-electron chi connectivity index (χ3n) is 5.16. The molecule has 1 aromatic heterocycles. The largest absolute Gasteiger partial charge is 0.486 e. The number of benzene rings is 1. The van der Waals surface area contributed by atoms with Gasteiger partial charge >= 0.3 is 0 Å². The van der Waals surface area contributed by atoms with Crippen LogP contribution >= 0.6 is 0 Å². The molecule has 1 saturated heterocycles. The summed E-state index contributed by atoms with van der Waals surface area (Å²) < 4.78 is 11.8. The second-order valence-electron chi connectivity index (χ2n) is 6.87. The van der Waals surface area contributed by atoms with Crippen molar-refractivity contribution in [2.45, 2.75) is 31.0 Å². The average Bonchev–Trinajstić information content (AvgIpc) is 2.68. The van der Waals surface area contributed by atoms with Gasteiger partial charge in [0.2, 0.25) is 0 Å². The van der Waals surface area contributed by atoms with E-state index in [-0.39, 0.29) is 6.10 Å². The van der Waals surface area contributed by atoms with Crippen molar-refractivity contribution >= 4 is 0 Å². The second-order valence-corrected chi connectivity index (χ2v) is 6.87. The molecule has 5 heteroatoms. The summed E-state index contributed by atoms with van der Waals surface area (Å²) >= 11 is 0. The van der Waals surface area contributed by atoms with Crippen LogP contribution in [0.3, 0.4) is 0 Å². The summed E-state index contributed by atoms with van der Waals surface area (Å²) in [5.74, 6) is 1.67. The number of pyridine rings is 1. The molecule has 0 bridgehead atoms. The molecule has 5 nitrogen and oxygen atoms in total. The van der Waals surface area contributed by atoms with Crippen LogP contribution in [-0.4, -0.2) is 47.3 Å². The molecule has 2 aliphatic heterocycles. The Morgan fingerprint density at radius 1 is 1.08 bits per heavy atom. The van der Waals surface area contributed by atoms with Gasteiger partial charge < -0.3 is 19.5 Å². The Morgan fingerprint density at radius 3 is 2.60 bits per heavy atom. The van der Waals surface area contributed by atoms with Crippen molar-refractivity contribution in [3.63, 3.8) is 0 Å². The van der Waals surface area contributed by atoms with E-state index in [0.29, 0.717) is 6.61 Å². The minimum atomic E-state index is -0.791. The molecule has 2 aliphatic rings. The van der Waals surface area contributed by atoms with Gasteiger partial charge in [-0.1, -0.05) is 18.2 Å². The van der Waals surface area contributed by atoms with E-state index in [1.807, 2.05) is 42.5 Å². The molecule has 1 fully saturated rings. The highest BCUT2D eigenvalue weighted by molar-refractivity contribution is 5.40. The molecule has 0 spiro atoms. The van der Waals surface area contributed by atoms with Crippen LogP contribution in [0.15, 0.2) is 48.7 Å². The van der Waals surface area contributed by atoms with E-state index in [1.165, 1.54) is 0 Å². The average molecular weight is 340 g/mol. The molecule has 1 N–H and O–H groups in total. The lowest BCUT2D eigenvalue weighted by atomic mass is 9.87. The molecule has 132 valence electrons. The quantitative estimate of drug-likeness (QED) is 0.927. The Balaban J connectivity index is 1.27. The molecule has 1 unspecified atom stereocenters. The Morgan fingerprint density at radius 2 is 1.84 bits per heavy atom. The molecule has 0 saturated carbocycles. The lowest BCUT2D eigenvalue weighted by Crippen LogP contribution is -2.44. The van der Waals surface area contributed by atoms with Crippen LogP contribution in [0.5, 0.6) is 11.5 Å². The molecule has 1 atom stereocenters. The lowest BCUT2D eigenvalue weighted by Gasteiger charge is -2.38. The van der Waals surface area contributed by atoms with Crippen LogP contribution in [0.25, 0.3) is 0 Å². The van der Waals surface area contributed by atoms with E-state index in [1.54, 1.807) is 6.20 Å². The monoisotopic (exact) mass is 340 g/mol. The summed E-state index contributed by atoms with van der Waals surface area (Å²) in [7, 11) is 0.